The molecule has 0 bridgehead atoms. The van der Waals surface area contributed by atoms with Crippen molar-refractivity contribution in [2.75, 3.05) is 19.1 Å². The Morgan fingerprint density at radius 1 is 1.00 bits per heavy atom. The largest absolute Gasteiger partial charge is 0.507 e. The first-order valence-electron chi connectivity index (χ1n) is 10.9. The van der Waals surface area contributed by atoms with Crippen LogP contribution in [0.15, 0.2) is 60.2 Å². The van der Waals surface area contributed by atoms with Gasteiger partial charge in [-0.2, -0.15) is 0 Å². The Bertz CT molecular complexity index is 1580. The highest BCUT2D eigenvalue weighted by Crippen LogP contribution is 2.43. The second-order valence-corrected chi connectivity index (χ2v) is 8.13. The van der Waals surface area contributed by atoms with E-state index in [1.807, 2.05) is 0 Å². The number of amides is 1. The van der Waals surface area contributed by atoms with E-state index in [0.29, 0.717) is 11.3 Å². The van der Waals surface area contributed by atoms with E-state index in [-0.39, 0.29) is 33.9 Å². The van der Waals surface area contributed by atoms with Crippen LogP contribution in [-0.4, -0.2) is 41.0 Å². The predicted molar refractivity (Wildman–Crippen MR) is 127 cm³/mol. The Morgan fingerprint density at radius 2 is 1.76 bits per heavy atom. The Balaban J connectivity index is 1.77. The van der Waals surface area contributed by atoms with Crippen LogP contribution in [0.2, 0.25) is 0 Å². The number of fused-ring (bicyclic) bond motifs is 1. The summed E-state index contributed by atoms with van der Waals surface area (Å²) >= 11 is 0. The van der Waals surface area contributed by atoms with E-state index in [2.05, 4.69) is 9.97 Å². The molecule has 188 valence electrons. The third-order valence-corrected chi connectivity index (χ3v) is 6.01. The Hall–Kier alpha value is -4.80. The number of nitrogens with one attached hydrogen (secondary N) is 1. The number of benzene rings is 3. The first-order chi connectivity index (χ1) is 17.7. The molecule has 0 aliphatic carbocycles. The summed E-state index contributed by atoms with van der Waals surface area (Å²) in [6.45, 7) is 0. The smallest absolute Gasteiger partial charge is 0.302 e. The maximum absolute atomic E-state index is 14.1. The number of ketones is 1. The van der Waals surface area contributed by atoms with Crippen LogP contribution in [-0.2, 0) is 9.59 Å². The first-order valence-corrected chi connectivity index (χ1v) is 10.9. The number of carbonyl (C=O) groups is 2. The number of Topliss-reactive ketones (excluding diaryl/α,β-unsaturated/α-hetero) is 1. The standard InChI is InChI=1S/C26H18F3N3O5/c1-36-14-5-3-4-12(8-14)22-21(23(33)15-9-13(27)6-7-20(15)37-2)24(34)25(35)32(22)26-30-18-10-16(28)17(29)11-19(18)31-26/h3-11,22,33H,1-2H3,(H,30,31)/b23-21+. The second-order valence-electron chi connectivity index (χ2n) is 8.13. The van der Waals surface area contributed by atoms with Crippen LogP contribution >= 0.6 is 0 Å². The summed E-state index contributed by atoms with van der Waals surface area (Å²) in [4.78, 5) is 34.5. The molecule has 2 N–H and O–H groups in total. The topological polar surface area (TPSA) is 105 Å². The van der Waals surface area contributed by atoms with E-state index in [9.17, 15) is 27.9 Å². The highest BCUT2D eigenvalue weighted by molar-refractivity contribution is 6.51. The molecule has 8 nitrogen and oxygen atoms in total. The number of aliphatic hydroxyl groups excluding tert-OH is 1. The van der Waals surface area contributed by atoms with Gasteiger partial charge in [0.25, 0.3) is 5.78 Å². The fourth-order valence-electron chi connectivity index (χ4n) is 4.29. The van der Waals surface area contributed by atoms with Crippen molar-refractivity contribution in [1.82, 2.24) is 9.97 Å². The second kappa shape index (κ2) is 9.01. The third-order valence-electron chi connectivity index (χ3n) is 6.01. The number of H-pyrrole nitrogens is 1. The average Bonchev–Trinajstić information content (AvgIpc) is 3.41. The minimum absolute atomic E-state index is 0.00647. The quantitative estimate of drug-likeness (QED) is 0.231. The summed E-state index contributed by atoms with van der Waals surface area (Å²) in [6.07, 6.45) is 0. The first kappa shape index (κ1) is 23.9. The number of imidazole rings is 1. The van der Waals surface area contributed by atoms with Crippen molar-refractivity contribution in [3.63, 3.8) is 0 Å². The number of aromatic nitrogens is 2. The Labute approximate surface area is 207 Å². The van der Waals surface area contributed by atoms with Crippen LogP contribution in [0, 0.1) is 17.5 Å². The molecule has 0 saturated carbocycles. The van der Waals surface area contributed by atoms with Crippen molar-refractivity contribution in [2.45, 2.75) is 6.04 Å². The van der Waals surface area contributed by atoms with Gasteiger partial charge in [0, 0.05) is 12.1 Å². The lowest BCUT2D eigenvalue weighted by Gasteiger charge is -2.23. The average molecular weight is 509 g/mol. The van der Waals surface area contributed by atoms with E-state index in [4.69, 9.17) is 9.47 Å². The number of aromatic amines is 1. The molecule has 1 unspecified atom stereocenters. The molecule has 1 saturated heterocycles. The summed E-state index contributed by atoms with van der Waals surface area (Å²) < 4.78 is 52.2. The number of anilines is 1. The van der Waals surface area contributed by atoms with Gasteiger partial charge in [-0.1, -0.05) is 12.1 Å². The van der Waals surface area contributed by atoms with Gasteiger partial charge in [-0.25, -0.2) is 18.2 Å². The van der Waals surface area contributed by atoms with E-state index in [1.165, 1.54) is 20.3 Å². The molecule has 1 aromatic heterocycles. The Kier molecular flexibility index (Phi) is 5.82. The van der Waals surface area contributed by atoms with E-state index in [0.717, 1.165) is 29.2 Å². The monoisotopic (exact) mass is 509 g/mol. The lowest BCUT2D eigenvalue weighted by molar-refractivity contribution is -0.132. The number of ether oxygens (including phenoxy) is 2. The minimum atomic E-state index is -1.27. The normalized spacial score (nSPS) is 17.0. The van der Waals surface area contributed by atoms with Crippen LogP contribution < -0.4 is 14.4 Å². The van der Waals surface area contributed by atoms with Gasteiger partial charge < -0.3 is 19.6 Å². The van der Waals surface area contributed by atoms with Crippen molar-refractivity contribution in [1.29, 1.82) is 0 Å². The van der Waals surface area contributed by atoms with E-state index >= 15 is 0 Å². The van der Waals surface area contributed by atoms with Crippen LogP contribution in [0.3, 0.4) is 0 Å². The number of methoxy groups -OCH3 is 2. The van der Waals surface area contributed by atoms with Crippen LogP contribution in [0.4, 0.5) is 19.1 Å². The molecular formula is C26H18F3N3O5. The predicted octanol–water partition coefficient (Wildman–Crippen LogP) is 4.62. The van der Waals surface area contributed by atoms with Gasteiger partial charge in [-0.05, 0) is 35.9 Å². The molecule has 1 fully saturated rings. The van der Waals surface area contributed by atoms with Gasteiger partial charge in [-0.15, -0.1) is 0 Å². The molecule has 0 radical (unpaired) electrons. The van der Waals surface area contributed by atoms with Crippen molar-refractivity contribution in [3.05, 3.63) is 88.7 Å². The zero-order chi connectivity index (χ0) is 26.4. The Morgan fingerprint density at radius 3 is 2.49 bits per heavy atom. The zero-order valence-electron chi connectivity index (χ0n) is 19.4. The third kappa shape index (κ3) is 3.94. The summed E-state index contributed by atoms with van der Waals surface area (Å²) in [5, 5.41) is 11.3. The van der Waals surface area contributed by atoms with E-state index in [1.54, 1.807) is 24.3 Å². The van der Waals surface area contributed by atoms with Gasteiger partial charge in [0.05, 0.1) is 42.4 Å². The van der Waals surface area contributed by atoms with Gasteiger partial charge >= 0.3 is 5.91 Å². The van der Waals surface area contributed by atoms with Crippen molar-refractivity contribution >= 4 is 34.4 Å². The minimum Gasteiger partial charge on any atom is -0.507 e. The molecular weight excluding hydrogens is 491 g/mol. The molecule has 5 rings (SSSR count). The summed E-state index contributed by atoms with van der Waals surface area (Å²) in [5.41, 5.74) is -0.102. The van der Waals surface area contributed by atoms with Crippen molar-refractivity contribution in [3.8, 4) is 11.5 Å². The highest BCUT2D eigenvalue weighted by atomic mass is 19.2. The summed E-state index contributed by atoms with van der Waals surface area (Å²) in [6, 6.07) is 10.2. The molecule has 11 heteroatoms. The number of rotatable bonds is 5. The zero-order valence-corrected chi connectivity index (χ0v) is 19.4. The van der Waals surface area contributed by atoms with Crippen molar-refractivity contribution < 1.29 is 37.3 Å². The summed E-state index contributed by atoms with van der Waals surface area (Å²) in [7, 11) is 2.73. The molecule has 1 aliphatic heterocycles. The number of carbonyl (C=O) groups excluding carboxylic acids is 2. The molecule has 2 heterocycles. The number of nitrogens with zero attached hydrogens (tertiary/aromatic N) is 2. The number of aliphatic hydroxyl groups is 1. The van der Waals surface area contributed by atoms with Crippen LogP contribution in [0.25, 0.3) is 16.8 Å². The molecule has 37 heavy (non-hydrogen) atoms. The maximum atomic E-state index is 14.1. The van der Waals surface area contributed by atoms with Crippen molar-refractivity contribution in [2.24, 2.45) is 0 Å². The fourth-order valence-corrected chi connectivity index (χ4v) is 4.29. The van der Waals surface area contributed by atoms with Gasteiger partial charge in [0.15, 0.2) is 11.6 Å². The lowest BCUT2D eigenvalue weighted by Crippen LogP contribution is -2.30. The number of hydrogen-bond acceptors (Lipinski definition) is 6. The molecule has 1 amide bonds. The number of hydrogen-bond donors (Lipinski definition) is 2. The molecule has 4 aromatic rings. The SMILES string of the molecule is COc1cccc(C2/C(=C(\O)c3cc(F)ccc3OC)C(=O)C(=O)N2c2nc3cc(F)c(F)cc3[nH]2)c1. The molecule has 1 atom stereocenters. The van der Waals surface area contributed by atoms with E-state index < -0.39 is 40.9 Å². The van der Waals surface area contributed by atoms with Gasteiger partial charge in [-0.3, -0.25) is 14.5 Å². The fraction of sp³-hybridized carbons (Fsp3) is 0.115. The molecule has 0 spiro atoms. The maximum Gasteiger partial charge on any atom is 0.302 e. The molecule has 1 aliphatic rings. The lowest BCUT2D eigenvalue weighted by atomic mass is 9.95. The van der Waals surface area contributed by atoms with Crippen LogP contribution in [0.5, 0.6) is 11.5 Å². The van der Waals surface area contributed by atoms with Gasteiger partial charge in [0.2, 0.25) is 5.95 Å². The molecule has 3 aromatic carbocycles. The van der Waals surface area contributed by atoms with Gasteiger partial charge in [0.1, 0.15) is 23.1 Å². The summed E-state index contributed by atoms with van der Waals surface area (Å²) in [5.74, 6) is -5.58. The highest BCUT2D eigenvalue weighted by Gasteiger charge is 2.48. The number of halogens is 3. The van der Waals surface area contributed by atoms with Crippen LogP contribution in [0.1, 0.15) is 17.2 Å².